The van der Waals surface area contributed by atoms with Gasteiger partial charge in [0.15, 0.2) is 0 Å². The summed E-state index contributed by atoms with van der Waals surface area (Å²) in [5, 5.41) is 2.66. The monoisotopic (exact) mass is 161 g/mol. The van der Waals surface area contributed by atoms with Gasteiger partial charge in [-0.2, -0.15) is 0 Å². The Morgan fingerprint density at radius 1 is 1.09 bits per heavy atom. The summed E-state index contributed by atoms with van der Waals surface area (Å²) in [4.78, 5) is 10.3. The molecular weight excluding hydrogens is 138 g/mol. The predicted molar refractivity (Wildman–Crippen MR) is 51.7 cm³/mol. The number of carbonyl (C=O) groups excluding carboxylic acids is 1. The van der Waals surface area contributed by atoms with E-state index in [0.29, 0.717) is 6.42 Å². The normalized spacial score (nSPS) is 6.36. The molecular formula is C9H23NO. The molecule has 0 aromatic rings. The van der Waals surface area contributed by atoms with Crippen LogP contribution in [0.3, 0.4) is 0 Å². The fourth-order valence-electron chi connectivity index (χ4n) is 0.322. The van der Waals surface area contributed by atoms with Crippen LogP contribution in [0.1, 0.15) is 48.0 Å². The smallest absolute Gasteiger partial charge is 0.219 e. The molecule has 2 heteroatoms. The Bertz CT molecular complexity index is 62.6. The molecule has 0 aliphatic rings. The molecule has 0 aromatic heterocycles. The van der Waals surface area contributed by atoms with Crippen LogP contribution < -0.4 is 5.32 Å². The molecule has 1 N–H and O–H groups in total. The van der Waals surface area contributed by atoms with Crippen molar-refractivity contribution in [2.45, 2.75) is 48.0 Å². The van der Waals surface area contributed by atoms with Crippen molar-refractivity contribution in [2.24, 2.45) is 0 Å². The molecule has 0 unspecified atom stereocenters. The third-order valence-electron chi connectivity index (χ3n) is 0.695. The van der Waals surface area contributed by atoms with Crippen LogP contribution in [0.25, 0.3) is 0 Å². The van der Waals surface area contributed by atoms with E-state index >= 15 is 0 Å². The standard InChI is InChI=1S/C5H11NO.2C2H6/c1-3-5(7)6-4-2;2*1-2/h3-4H2,1-2H3,(H,6,7);2*1-2H3. The second-order valence-electron chi connectivity index (χ2n) is 1.31. The van der Waals surface area contributed by atoms with E-state index in [1.807, 2.05) is 41.5 Å². The van der Waals surface area contributed by atoms with Gasteiger partial charge in [0.05, 0.1) is 0 Å². The highest BCUT2D eigenvalue weighted by atomic mass is 16.1. The van der Waals surface area contributed by atoms with Crippen molar-refractivity contribution in [3.8, 4) is 0 Å². The van der Waals surface area contributed by atoms with Crippen LogP contribution in [-0.2, 0) is 4.79 Å². The van der Waals surface area contributed by atoms with E-state index in [2.05, 4.69) is 5.32 Å². The Morgan fingerprint density at radius 3 is 1.55 bits per heavy atom. The Morgan fingerprint density at radius 2 is 1.45 bits per heavy atom. The van der Waals surface area contributed by atoms with Gasteiger partial charge in [-0.25, -0.2) is 0 Å². The molecule has 0 heterocycles. The van der Waals surface area contributed by atoms with Crippen LogP contribution in [-0.4, -0.2) is 12.5 Å². The lowest BCUT2D eigenvalue weighted by molar-refractivity contribution is -0.120. The van der Waals surface area contributed by atoms with E-state index < -0.39 is 0 Å². The van der Waals surface area contributed by atoms with Crippen LogP contribution in [0, 0.1) is 0 Å². The molecule has 0 aliphatic carbocycles. The molecule has 0 bridgehead atoms. The lowest BCUT2D eigenvalue weighted by Crippen LogP contribution is -2.20. The summed E-state index contributed by atoms with van der Waals surface area (Å²) in [6.45, 7) is 12.5. The Balaban J connectivity index is -0.000000138. The largest absolute Gasteiger partial charge is 0.356 e. The minimum absolute atomic E-state index is 0.127. The molecule has 0 aliphatic heterocycles. The van der Waals surface area contributed by atoms with Gasteiger partial charge in [-0.3, -0.25) is 4.79 Å². The Hall–Kier alpha value is -0.530. The van der Waals surface area contributed by atoms with Gasteiger partial charge < -0.3 is 5.32 Å². The van der Waals surface area contributed by atoms with Crippen molar-refractivity contribution in [1.82, 2.24) is 5.32 Å². The quantitative estimate of drug-likeness (QED) is 0.662. The first-order valence-electron chi connectivity index (χ1n) is 4.58. The molecule has 0 fully saturated rings. The summed E-state index contributed by atoms with van der Waals surface area (Å²) in [6.07, 6.45) is 0.591. The van der Waals surface area contributed by atoms with E-state index in [1.54, 1.807) is 0 Å². The molecule has 2 nitrogen and oxygen atoms in total. The van der Waals surface area contributed by atoms with E-state index in [4.69, 9.17) is 0 Å². The number of carbonyl (C=O) groups is 1. The molecule has 0 aromatic carbocycles. The van der Waals surface area contributed by atoms with Gasteiger partial charge in [0.2, 0.25) is 5.91 Å². The third kappa shape index (κ3) is 26.4. The average molecular weight is 161 g/mol. The second kappa shape index (κ2) is 22.7. The molecule has 0 spiro atoms. The van der Waals surface area contributed by atoms with Crippen LogP contribution >= 0.6 is 0 Å². The molecule has 70 valence electrons. The lowest BCUT2D eigenvalue weighted by atomic mass is 10.4. The van der Waals surface area contributed by atoms with Crippen LogP contribution in [0.2, 0.25) is 0 Å². The minimum Gasteiger partial charge on any atom is -0.356 e. The van der Waals surface area contributed by atoms with Gasteiger partial charge in [0, 0.05) is 13.0 Å². The molecule has 0 atom stereocenters. The Kier molecular flexibility index (Phi) is 34.7. The van der Waals surface area contributed by atoms with Gasteiger partial charge >= 0.3 is 0 Å². The van der Waals surface area contributed by atoms with Crippen LogP contribution in [0.4, 0.5) is 0 Å². The zero-order chi connectivity index (χ0) is 9.70. The zero-order valence-corrected chi connectivity index (χ0v) is 8.82. The van der Waals surface area contributed by atoms with Gasteiger partial charge in [-0.15, -0.1) is 0 Å². The highest BCUT2D eigenvalue weighted by Crippen LogP contribution is 1.70. The molecule has 0 radical (unpaired) electrons. The molecule has 0 rings (SSSR count). The number of hydrogen-bond donors (Lipinski definition) is 1. The fraction of sp³-hybridized carbons (Fsp3) is 0.889. The van der Waals surface area contributed by atoms with Crippen molar-refractivity contribution in [3.63, 3.8) is 0 Å². The van der Waals surface area contributed by atoms with E-state index in [9.17, 15) is 4.79 Å². The van der Waals surface area contributed by atoms with Gasteiger partial charge in [0.25, 0.3) is 0 Å². The third-order valence-corrected chi connectivity index (χ3v) is 0.695. The van der Waals surface area contributed by atoms with Gasteiger partial charge in [-0.1, -0.05) is 34.6 Å². The van der Waals surface area contributed by atoms with E-state index in [0.717, 1.165) is 6.54 Å². The number of rotatable bonds is 2. The number of amides is 1. The first-order chi connectivity index (χ1) is 5.31. The number of nitrogens with one attached hydrogen (secondary N) is 1. The summed E-state index contributed by atoms with van der Waals surface area (Å²) in [5.74, 6) is 0.127. The summed E-state index contributed by atoms with van der Waals surface area (Å²) in [6, 6.07) is 0. The minimum atomic E-state index is 0.127. The topological polar surface area (TPSA) is 29.1 Å². The van der Waals surface area contributed by atoms with Crippen molar-refractivity contribution >= 4 is 5.91 Å². The van der Waals surface area contributed by atoms with Crippen LogP contribution in [0.15, 0.2) is 0 Å². The van der Waals surface area contributed by atoms with Crippen molar-refractivity contribution in [2.75, 3.05) is 6.54 Å². The molecule has 0 saturated heterocycles. The van der Waals surface area contributed by atoms with E-state index in [1.165, 1.54) is 0 Å². The maximum Gasteiger partial charge on any atom is 0.219 e. The molecule has 11 heavy (non-hydrogen) atoms. The summed E-state index contributed by atoms with van der Waals surface area (Å²) < 4.78 is 0. The predicted octanol–water partition coefficient (Wildman–Crippen LogP) is 2.58. The van der Waals surface area contributed by atoms with Crippen molar-refractivity contribution in [3.05, 3.63) is 0 Å². The van der Waals surface area contributed by atoms with Gasteiger partial charge in [-0.05, 0) is 6.92 Å². The first-order valence-corrected chi connectivity index (χ1v) is 4.58. The maximum absolute atomic E-state index is 10.3. The lowest BCUT2D eigenvalue weighted by Gasteiger charge is -1.93. The van der Waals surface area contributed by atoms with E-state index in [-0.39, 0.29) is 5.91 Å². The summed E-state index contributed by atoms with van der Waals surface area (Å²) in [5.41, 5.74) is 0. The highest BCUT2D eigenvalue weighted by Gasteiger charge is 1.88. The second-order valence-corrected chi connectivity index (χ2v) is 1.31. The van der Waals surface area contributed by atoms with Crippen LogP contribution in [0.5, 0.6) is 0 Å². The zero-order valence-electron chi connectivity index (χ0n) is 8.82. The average Bonchev–Trinajstić information content (AvgIpc) is 2.12. The SMILES string of the molecule is CC.CC.CCNC(=O)CC. The highest BCUT2D eigenvalue weighted by molar-refractivity contribution is 5.75. The van der Waals surface area contributed by atoms with Gasteiger partial charge in [0.1, 0.15) is 0 Å². The van der Waals surface area contributed by atoms with Crippen molar-refractivity contribution in [1.29, 1.82) is 0 Å². The summed E-state index contributed by atoms with van der Waals surface area (Å²) >= 11 is 0. The number of hydrogen-bond acceptors (Lipinski definition) is 1. The van der Waals surface area contributed by atoms with Crippen molar-refractivity contribution < 1.29 is 4.79 Å². The fourth-order valence-corrected chi connectivity index (χ4v) is 0.322. The molecule has 0 saturated carbocycles. The Labute approximate surface area is 71.4 Å². The maximum atomic E-state index is 10.3. The molecule has 1 amide bonds. The summed E-state index contributed by atoms with van der Waals surface area (Å²) in [7, 11) is 0. The first kappa shape index (κ1) is 16.8.